The van der Waals surface area contributed by atoms with E-state index >= 15 is 0 Å². The van der Waals surface area contributed by atoms with Crippen LogP contribution in [0.3, 0.4) is 0 Å². The molecule has 1 amide bonds. The average molecular weight is 263 g/mol. The van der Waals surface area contributed by atoms with Crippen molar-refractivity contribution in [1.82, 2.24) is 0 Å². The summed E-state index contributed by atoms with van der Waals surface area (Å²) in [6.07, 6.45) is -0.593. The topological polar surface area (TPSA) is 55.8 Å². The van der Waals surface area contributed by atoms with Crippen molar-refractivity contribution in [2.24, 2.45) is 0 Å². The predicted octanol–water partition coefficient (Wildman–Crippen LogP) is 1.67. The van der Waals surface area contributed by atoms with Crippen molar-refractivity contribution in [2.75, 3.05) is 18.1 Å². The minimum absolute atomic E-state index is 0.0865. The smallest absolute Gasteiger partial charge is 0.326 e. The van der Waals surface area contributed by atoms with Gasteiger partial charge in [-0.25, -0.2) is 0 Å². The van der Waals surface area contributed by atoms with Gasteiger partial charge in [-0.05, 0) is 38.5 Å². The summed E-state index contributed by atoms with van der Waals surface area (Å²) in [5, 5.41) is 0. The monoisotopic (exact) mass is 263 g/mol. The van der Waals surface area contributed by atoms with Gasteiger partial charge in [-0.15, -0.1) is 0 Å². The molecule has 1 unspecified atom stereocenters. The van der Waals surface area contributed by atoms with Crippen LogP contribution in [0.25, 0.3) is 0 Å². The number of esters is 1. The molecule has 2 rings (SSSR count). The SMILES string of the molecule is CCOC(=O)CN1C(=O)C(C)Oc2ccc(C)cc21. The number of hydrogen-bond acceptors (Lipinski definition) is 4. The Balaban J connectivity index is 2.33. The van der Waals surface area contributed by atoms with Crippen molar-refractivity contribution < 1.29 is 19.1 Å². The Kier molecular flexibility index (Phi) is 3.74. The number of rotatable bonds is 3. The molecule has 0 aromatic heterocycles. The Morgan fingerprint density at radius 3 is 2.89 bits per heavy atom. The van der Waals surface area contributed by atoms with E-state index in [2.05, 4.69) is 0 Å². The number of carbonyl (C=O) groups excluding carboxylic acids is 2. The number of carbonyl (C=O) groups is 2. The molecular weight excluding hydrogens is 246 g/mol. The van der Waals surface area contributed by atoms with Gasteiger partial charge in [0, 0.05) is 0 Å². The van der Waals surface area contributed by atoms with Gasteiger partial charge in [-0.3, -0.25) is 14.5 Å². The summed E-state index contributed by atoms with van der Waals surface area (Å²) >= 11 is 0. The third-order valence-electron chi connectivity index (χ3n) is 2.92. The minimum Gasteiger partial charge on any atom is -0.479 e. The van der Waals surface area contributed by atoms with Crippen molar-refractivity contribution in [3.8, 4) is 5.75 Å². The van der Waals surface area contributed by atoms with E-state index in [1.54, 1.807) is 13.8 Å². The average Bonchev–Trinajstić information content (AvgIpc) is 2.36. The first-order valence-electron chi connectivity index (χ1n) is 6.27. The van der Waals surface area contributed by atoms with Crippen LogP contribution in [0, 0.1) is 6.92 Å². The molecular formula is C14H17NO4. The highest BCUT2D eigenvalue weighted by molar-refractivity contribution is 6.03. The third kappa shape index (κ3) is 2.70. The van der Waals surface area contributed by atoms with E-state index < -0.39 is 12.1 Å². The lowest BCUT2D eigenvalue weighted by Gasteiger charge is -2.32. The van der Waals surface area contributed by atoms with Crippen LogP contribution in [0.15, 0.2) is 18.2 Å². The molecule has 102 valence electrons. The molecule has 1 atom stereocenters. The lowest BCUT2D eigenvalue weighted by molar-refractivity contribution is -0.143. The first-order chi connectivity index (χ1) is 9.02. The van der Waals surface area contributed by atoms with Crippen LogP contribution in [0.5, 0.6) is 5.75 Å². The zero-order valence-electron chi connectivity index (χ0n) is 11.3. The number of benzene rings is 1. The zero-order chi connectivity index (χ0) is 14.0. The normalized spacial score (nSPS) is 17.7. The minimum atomic E-state index is -0.593. The zero-order valence-corrected chi connectivity index (χ0v) is 11.3. The molecule has 0 radical (unpaired) electrons. The van der Waals surface area contributed by atoms with E-state index in [1.165, 1.54) is 4.90 Å². The van der Waals surface area contributed by atoms with E-state index in [4.69, 9.17) is 9.47 Å². The van der Waals surface area contributed by atoms with Gasteiger partial charge in [0.25, 0.3) is 5.91 Å². The highest BCUT2D eigenvalue weighted by atomic mass is 16.5. The molecule has 1 aromatic rings. The Hall–Kier alpha value is -2.04. The number of hydrogen-bond donors (Lipinski definition) is 0. The number of aryl methyl sites for hydroxylation is 1. The molecule has 1 aromatic carbocycles. The van der Waals surface area contributed by atoms with Crippen LogP contribution in [0.1, 0.15) is 19.4 Å². The Morgan fingerprint density at radius 1 is 1.47 bits per heavy atom. The van der Waals surface area contributed by atoms with Crippen LogP contribution >= 0.6 is 0 Å². The van der Waals surface area contributed by atoms with Gasteiger partial charge in [-0.1, -0.05) is 6.07 Å². The van der Waals surface area contributed by atoms with Gasteiger partial charge in [0.15, 0.2) is 6.10 Å². The van der Waals surface area contributed by atoms with Gasteiger partial charge in [0.05, 0.1) is 12.3 Å². The molecule has 5 heteroatoms. The van der Waals surface area contributed by atoms with Crippen LogP contribution in [-0.2, 0) is 14.3 Å². The fourth-order valence-electron chi connectivity index (χ4n) is 2.02. The van der Waals surface area contributed by atoms with Crippen LogP contribution in [-0.4, -0.2) is 31.1 Å². The second-order valence-corrected chi connectivity index (χ2v) is 4.46. The second-order valence-electron chi connectivity index (χ2n) is 4.46. The second kappa shape index (κ2) is 5.30. The molecule has 1 aliphatic rings. The Labute approximate surface area is 112 Å². The van der Waals surface area contributed by atoms with E-state index in [-0.39, 0.29) is 12.5 Å². The summed E-state index contributed by atoms with van der Waals surface area (Å²) in [4.78, 5) is 25.2. The molecule has 1 heterocycles. The molecule has 0 bridgehead atoms. The Bertz CT molecular complexity index is 512. The van der Waals surface area contributed by atoms with Crippen molar-refractivity contribution in [2.45, 2.75) is 26.9 Å². The predicted molar refractivity (Wildman–Crippen MR) is 70.3 cm³/mol. The van der Waals surface area contributed by atoms with Gasteiger partial charge < -0.3 is 9.47 Å². The third-order valence-corrected chi connectivity index (χ3v) is 2.92. The van der Waals surface area contributed by atoms with E-state index in [0.29, 0.717) is 18.0 Å². The van der Waals surface area contributed by atoms with E-state index in [9.17, 15) is 9.59 Å². The number of amides is 1. The standard InChI is InChI=1S/C14H17NO4/c1-4-18-13(16)8-15-11-7-9(2)5-6-12(11)19-10(3)14(15)17/h5-7,10H,4,8H2,1-3H3. The van der Waals surface area contributed by atoms with Crippen LogP contribution in [0.4, 0.5) is 5.69 Å². The summed E-state index contributed by atoms with van der Waals surface area (Å²) in [5.74, 6) is -0.0365. The summed E-state index contributed by atoms with van der Waals surface area (Å²) in [7, 11) is 0. The van der Waals surface area contributed by atoms with Crippen molar-refractivity contribution in [3.05, 3.63) is 23.8 Å². The molecule has 0 fully saturated rings. The number of nitrogens with zero attached hydrogens (tertiary/aromatic N) is 1. The molecule has 0 N–H and O–H groups in total. The van der Waals surface area contributed by atoms with Crippen LogP contribution < -0.4 is 9.64 Å². The van der Waals surface area contributed by atoms with Gasteiger partial charge in [0.1, 0.15) is 12.3 Å². The molecule has 0 saturated carbocycles. The fraction of sp³-hybridized carbons (Fsp3) is 0.429. The van der Waals surface area contributed by atoms with E-state index in [1.807, 2.05) is 25.1 Å². The largest absolute Gasteiger partial charge is 0.479 e. The Morgan fingerprint density at radius 2 is 2.21 bits per heavy atom. The lowest BCUT2D eigenvalue weighted by Crippen LogP contribution is -2.47. The molecule has 0 spiro atoms. The maximum Gasteiger partial charge on any atom is 0.326 e. The quantitative estimate of drug-likeness (QED) is 0.778. The summed E-state index contributed by atoms with van der Waals surface area (Å²) in [5.41, 5.74) is 1.62. The maximum atomic E-state index is 12.1. The first kappa shape index (κ1) is 13.4. The number of anilines is 1. The molecule has 1 aliphatic heterocycles. The number of fused-ring (bicyclic) bond motifs is 1. The molecule has 5 nitrogen and oxygen atoms in total. The highest BCUT2D eigenvalue weighted by Crippen LogP contribution is 2.34. The van der Waals surface area contributed by atoms with Crippen LogP contribution in [0.2, 0.25) is 0 Å². The summed E-state index contributed by atoms with van der Waals surface area (Å²) in [6.45, 7) is 5.54. The van der Waals surface area contributed by atoms with Gasteiger partial charge in [0.2, 0.25) is 0 Å². The van der Waals surface area contributed by atoms with Crippen molar-refractivity contribution in [3.63, 3.8) is 0 Å². The molecule has 19 heavy (non-hydrogen) atoms. The van der Waals surface area contributed by atoms with Crippen molar-refractivity contribution >= 4 is 17.6 Å². The maximum absolute atomic E-state index is 12.1. The van der Waals surface area contributed by atoms with E-state index in [0.717, 1.165) is 5.56 Å². The summed E-state index contributed by atoms with van der Waals surface area (Å²) < 4.78 is 10.4. The highest BCUT2D eigenvalue weighted by Gasteiger charge is 2.33. The molecule has 0 aliphatic carbocycles. The lowest BCUT2D eigenvalue weighted by atomic mass is 10.1. The number of ether oxygens (including phenoxy) is 2. The first-order valence-corrected chi connectivity index (χ1v) is 6.27. The summed E-state index contributed by atoms with van der Waals surface area (Å²) in [6, 6.07) is 5.55. The van der Waals surface area contributed by atoms with Gasteiger partial charge in [-0.2, -0.15) is 0 Å². The van der Waals surface area contributed by atoms with Gasteiger partial charge >= 0.3 is 5.97 Å². The fourth-order valence-corrected chi connectivity index (χ4v) is 2.02. The molecule has 0 saturated heterocycles. The van der Waals surface area contributed by atoms with Crippen molar-refractivity contribution in [1.29, 1.82) is 0 Å².